The van der Waals surface area contributed by atoms with Crippen molar-refractivity contribution in [3.8, 4) is 0 Å². The van der Waals surface area contributed by atoms with Gasteiger partial charge < -0.3 is 9.15 Å². The van der Waals surface area contributed by atoms with Crippen LogP contribution >= 0.6 is 0 Å². The Labute approximate surface area is 79.7 Å². The number of carbonyl (C=O) groups excluding carboxylic acids is 1. The number of nitrogens with zero attached hydrogens (tertiary/aromatic N) is 2. The number of carbonyl (C=O) groups is 1. The lowest BCUT2D eigenvalue weighted by Gasteiger charge is -1.96. The zero-order valence-electron chi connectivity index (χ0n) is 7.77. The van der Waals surface area contributed by atoms with Gasteiger partial charge in [-0.2, -0.15) is 0 Å². The van der Waals surface area contributed by atoms with Gasteiger partial charge in [0.15, 0.2) is 17.2 Å². The molecule has 72 valence electrons. The Morgan fingerprint density at radius 1 is 1.57 bits per heavy atom. The number of aromatic nitrogens is 2. The van der Waals surface area contributed by atoms with E-state index in [1.165, 1.54) is 13.3 Å². The summed E-state index contributed by atoms with van der Waals surface area (Å²) in [4.78, 5) is 19.2. The van der Waals surface area contributed by atoms with Gasteiger partial charge in [0, 0.05) is 19.2 Å². The standard InChI is InChI=1S/C9H8N2O3/c1-5-11-7-6(14-5)3-4-10-8(7)9(12)13-2/h3-4H,1-2H3. The van der Waals surface area contributed by atoms with Crippen molar-refractivity contribution in [1.82, 2.24) is 9.97 Å². The number of aryl methyl sites for hydroxylation is 1. The first-order chi connectivity index (χ1) is 6.72. The Bertz CT molecular complexity index is 490. The summed E-state index contributed by atoms with van der Waals surface area (Å²) in [5, 5.41) is 0. The lowest BCUT2D eigenvalue weighted by atomic mass is 10.3. The van der Waals surface area contributed by atoms with Crippen molar-refractivity contribution in [1.29, 1.82) is 0 Å². The first-order valence-electron chi connectivity index (χ1n) is 4.03. The first-order valence-corrected chi connectivity index (χ1v) is 4.03. The number of methoxy groups -OCH3 is 1. The van der Waals surface area contributed by atoms with Crippen LogP contribution in [0.15, 0.2) is 16.7 Å². The fraction of sp³-hybridized carbons (Fsp3) is 0.222. The van der Waals surface area contributed by atoms with E-state index in [-0.39, 0.29) is 5.69 Å². The second kappa shape index (κ2) is 3.10. The predicted octanol–water partition coefficient (Wildman–Crippen LogP) is 1.32. The Morgan fingerprint density at radius 2 is 2.36 bits per heavy atom. The highest BCUT2D eigenvalue weighted by atomic mass is 16.5. The molecule has 0 aliphatic carbocycles. The van der Waals surface area contributed by atoms with Crippen molar-refractivity contribution in [2.75, 3.05) is 7.11 Å². The predicted molar refractivity (Wildman–Crippen MR) is 47.9 cm³/mol. The maximum atomic E-state index is 11.3. The lowest BCUT2D eigenvalue weighted by molar-refractivity contribution is 0.0596. The SMILES string of the molecule is COC(=O)c1nccc2oc(C)nc12. The van der Waals surface area contributed by atoms with E-state index in [2.05, 4.69) is 14.7 Å². The first kappa shape index (κ1) is 8.68. The van der Waals surface area contributed by atoms with Crippen molar-refractivity contribution in [2.24, 2.45) is 0 Å². The molecule has 14 heavy (non-hydrogen) atoms. The normalized spacial score (nSPS) is 10.4. The van der Waals surface area contributed by atoms with E-state index in [4.69, 9.17) is 4.42 Å². The molecule has 0 fully saturated rings. The van der Waals surface area contributed by atoms with Gasteiger partial charge >= 0.3 is 5.97 Å². The zero-order chi connectivity index (χ0) is 10.1. The molecular formula is C9H8N2O3. The molecule has 0 aliphatic heterocycles. The summed E-state index contributed by atoms with van der Waals surface area (Å²) in [5.41, 5.74) is 1.16. The summed E-state index contributed by atoms with van der Waals surface area (Å²) in [6.45, 7) is 1.71. The molecule has 2 aromatic heterocycles. The Hall–Kier alpha value is -1.91. The van der Waals surface area contributed by atoms with Crippen LogP contribution < -0.4 is 0 Å². The molecule has 0 aliphatic rings. The number of oxazole rings is 1. The van der Waals surface area contributed by atoms with Gasteiger partial charge in [-0.15, -0.1) is 0 Å². The Kier molecular flexibility index (Phi) is 1.92. The topological polar surface area (TPSA) is 65.2 Å². The van der Waals surface area contributed by atoms with E-state index in [0.717, 1.165) is 0 Å². The molecule has 2 heterocycles. The number of pyridine rings is 1. The summed E-state index contributed by atoms with van der Waals surface area (Å²) in [6, 6.07) is 1.65. The summed E-state index contributed by atoms with van der Waals surface area (Å²) in [6.07, 6.45) is 1.49. The molecule has 0 amide bonds. The third-order valence-corrected chi connectivity index (χ3v) is 1.79. The van der Waals surface area contributed by atoms with Crippen LogP contribution in [0, 0.1) is 6.92 Å². The molecule has 0 unspecified atom stereocenters. The average molecular weight is 192 g/mol. The van der Waals surface area contributed by atoms with E-state index >= 15 is 0 Å². The second-order valence-electron chi connectivity index (χ2n) is 2.73. The van der Waals surface area contributed by atoms with Crippen LogP contribution in [0.3, 0.4) is 0 Å². The van der Waals surface area contributed by atoms with Gasteiger partial charge in [0.05, 0.1) is 7.11 Å². The molecule has 0 saturated heterocycles. The fourth-order valence-electron chi connectivity index (χ4n) is 1.21. The van der Waals surface area contributed by atoms with Crippen LogP contribution in [-0.4, -0.2) is 23.0 Å². The molecular weight excluding hydrogens is 184 g/mol. The fourth-order valence-corrected chi connectivity index (χ4v) is 1.21. The van der Waals surface area contributed by atoms with Crippen molar-refractivity contribution in [3.63, 3.8) is 0 Å². The van der Waals surface area contributed by atoms with Crippen LogP contribution in [0.1, 0.15) is 16.4 Å². The third kappa shape index (κ3) is 1.22. The van der Waals surface area contributed by atoms with Crippen molar-refractivity contribution >= 4 is 17.1 Å². The third-order valence-electron chi connectivity index (χ3n) is 1.79. The molecule has 0 bridgehead atoms. The summed E-state index contributed by atoms with van der Waals surface area (Å²) in [5.74, 6) is -0.0120. The van der Waals surface area contributed by atoms with Crippen LogP contribution in [0.5, 0.6) is 0 Å². The monoisotopic (exact) mass is 192 g/mol. The maximum Gasteiger partial charge on any atom is 0.359 e. The van der Waals surface area contributed by atoms with Crippen molar-refractivity contribution in [2.45, 2.75) is 6.92 Å². The lowest BCUT2D eigenvalue weighted by Crippen LogP contribution is -2.04. The van der Waals surface area contributed by atoms with Crippen LogP contribution in [0.25, 0.3) is 11.1 Å². The van der Waals surface area contributed by atoms with Gasteiger partial charge in [-0.3, -0.25) is 0 Å². The minimum atomic E-state index is -0.510. The Morgan fingerprint density at radius 3 is 3.07 bits per heavy atom. The van der Waals surface area contributed by atoms with E-state index in [1.54, 1.807) is 13.0 Å². The summed E-state index contributed by atoms with van der Waals surface area (Å²) < 4.78 is 9.81. The second-order valence-corrected chi connectivity index (χ2v) is 2.73. The number of rotatable bonds is 1. The van der Waals surface area contributed by atoms with Gasteiger partial charge in [0.2, 0.25) is 0 Å². The van der Waals surface area contributed by atoms with E-state index in [9.17, 15) is 4.79 Å². The van der Waals surface area contributed by atoms with Gasteiger partial charge in [0.25, 0.3) is 0 Å². The Balaban J connectivity index is 2.70. The molecule has 0 atom stereocenters. The number of ether oxygens (including phenoxy) is 1. The van der Waals surface area contributed by atoms with Gasteiger partial charge in [-0.05, 0) is 0 Å². The van der Waals surface area contributed by atoms with Crippen LogP contribution in [-0.2, 0) is 4.74 Å². The molecule has 0 aromatic carbocycles. The highest BCUT2D eigenvalue weighted by molar-refractivity contribution is 5.99. The number of hydrogen-bond acceptors (Lipinski definition) is 5. The van der Waals surface area contributed by atoms with Gasteiger partial charge in [0.1, 0.15) is 5.52 Å². The summed E-state index contributed by atoms with van der Waals surface area (Å²) in [7, 11) is 1.30. The zero-order valence-corrected chi connectivity index (χ0v) is 7.77. The molecule has 0 saturated carbocycles. The van der Waals surface area contributed by atoms with Gasteiger partial charge in [-0.25, -0.2) is 14.8 Å². The molecule has 0 spiro atoms. The van der Waals surface area contributed by atoms with E-state index in [1.807, 2.05) is 0 Å². The number of esters is 1. The number of fused-ring (bicyclic) bond motifs is 1. The van der Waals surface area contributed by atoms with Crippen LogP contribution in [0.2, 0.25) is 0 Å². The van der Waals surface area contributed by atoms with Crippen molar-refractivity contribution in [3.05, 3.63) is 23.8 Å². The highest BCUT2D eigenvalue weighted by Gasteiger charge is 2.15. The summed E-state index contributed by atoms with van der Waals surface area (Å²) >= 11 is 0. The quantitative estimate of drug-likeness (QED) is 0.637. The molecule has 2 rings (SSSR count). The molecule has 5 heteroatoms. The molecule has 5 nitrogen and oxygen atoms in total. The maximum absolute atomic E-state index is 11.3. The smallest absolute Gasteiger partial charge is 0.359 e. The van der Waals surface area contributed by atoms with Gasteiger partial charge in [-0.1, -0.05) is 0 Å². The number of hydrogen-bond donors (Lipinski definition) is 0. The highest BCUT2D eigenvalue weighted by Crippen LogP contribution is 2.17. The minimum Gasteiger partial charge on any atom is -0.464 e. The molecule has 2 aromatic rings. The van der Waals surface area contributed by atoms with Crippen molar-refractivity contribution < 1.29 is 13.9 Å². The van der Waals surface area contributed by atoms with Crippen LogP contribution in [0.4, 0.5) is 0 Å². The molecule has 0 N–H and O–H groups in total. The average Bonchev–Trinajstić information content (AvgIpc) is 2.56. The van der Waals surface area contributed by atoms with E-state index < -0.39 is 5.97 Å². The largest absolute Gasteiger partial charge is 0.464 e. The molecule has 0 radical (unpaired) electrons. The van der Waals surface area contributed by atoms with E-state index in [0.29, 0.717) is 17.0 Å². The minimum absolute atomic E-state index is 0.182.